The number of thiophene rings is 1. The maximum Gasteiger partial charge on any atom is 0.259 e. The normalized spacial score (nSPS) is 16.2. The highest BCUT2D eigenvalue weighted by Crippen LogP contribution is 2.44. The van der Waals surface area contributed by atoms with E-state index in [9.17, 15) is 14.4 Å². The van der Waals surface area contributed by atoms with Crippen molar-refractivity contribution in [3.63, 3.8) is 0 Å². The molecule has 8 rings (SSSR count). The number of aromatic nitrogens is 2. The fourth-order valence-corrected chi connectivity index (χ4v) is 8.51. The van der Waals surface area contributed by atoms with Crippen LogP contribution in [-0.2, 0) is 11.2 Å². The van der Waals surface area contributed by atoms with E-state index in [4.69, 9.17) is 4.74 Å². The van der Waals surface area contributed by atoms with Crippen molar-refractivity contribution in [1.29, 1.82) is 0 Å². The average molecular weight is 684 g/mol. The van der Waals surface area contributed by atoms with Crippen LogP contribution in [0.25, 0.3) is 10.4 Å². The highest BCUT2D eigenvalue weighted by atomic mass is 32.1. The Morgan fingerprint density at radius 1 is 0.920 bits per heavy atom. The Balaban J connectivity index is 0.990. The highest BCUT2D eigenvalue weighted by molar-refractivity contribution is 7.17. The summed E-state index contributed by atoms with van der Waals surface area (Å²) in [4.78, 5) is 55.7. The molecule has 1 N–H and O–H groups in total. The molecule has 2 amide bonds. The zero-order valence-corrected chi connectivity index (χ0v) is 28.9. The summed E-state index contributed by atoms with van der Waals surface area (Å²) in [6, 6.07) is 22.5. The van der Waals surface area contributed by atoms with Gasteiger partial charge in [0.1, 0.15) is 11.5 Å². The molecule has 2 aromatic carbocycles. The van der Waals surface area contributed by atoms with E-state index in [-0.39, 0.29) is 23.0 Å². The molecular formula is C40H37N5O4S. The van der Waals surface area contributed by atoms with Crippen molar-refractivity contribution in [2.24, 2.45) is 5.41 Å². The van der Waals surface area contributed by atoms with Gasteiger partial charge in [-0.1, -0.05) is 24.3 Å². The number of para-hydroxylation sites is 1. The summed E-state index contributed by atoms with van der Waals surface area (Å²) >= 11 is 1.45. The van der Waals surface area contributed by atoms with Gasteiger partial charge >= 0.3 is 0 Å². The van der Waals surface area contributed by atoms with Crippen LogP contribution in [0.3, 0.4) is 0 Å². The van der Waals surface area contributed by atoms with Gasteiger partial charge in [-0.05, 0) is 98.3 Å². The van der Waals surface area contributed by atoms with Crippen molar-refractivity contribution < 1.29 is 19.1 Å². The minimum atomic E-state index is -0.230. The molecule has 0 saturated carbocycles. The molecule has 10 heteroatoms. The molecule has 0 aliphatic carbocycles. The number of nitrogens with one attached hydrogen (secondary N) is 1. The van der Waals surface area contributed by atoms with Crippen LogP contribution in [0.2, 0.25) is 0 Å². The first-order valence-corrected chi connectivity index (χ1v) is 17.8. The van der Waals surface area contributed by atoms with E-state index in [1.165, 1.54) is 11.3 Å². The number of aryl methyl sites for hydroxylation is 2. The largest absolute Gasteiger partial charge is 0.381 e. The molecule has 1 spiro atoms. The van der Waals surface area contributed by atoms with E-state index < -0.39 is 0 Å². The van der Waals surface area contributed by atoms with Crippen molar-refractivity contribution in [1.82, 2.24) is 9.97 Å². The van der Waals surface area contributed by atoms with Crippen LogP contribution < -0.4 is 15.1 Å². The maximum absolute atomic E-state index is 14.0. The summed E-state index contributed by atoms with van der Waals surface area (Å²) in [7, 11) is 0. The highest BCUT2D eigenvalue weighted by Gasteiger charge is 2.45. The van der Waals surface area contributed by atoms with Gasteiger partial charge < -0.3 is 19.9 Å². The lowest BCUT2D eigenvalue weighted by Gasteiger charge is -2.53. The van der Waals surface area contributed by atoms with E-state index in [2.05, 4.69) is 20.2 Å². The van der Waals surface area contributed by atoms with E-state index in [1.54, 1.807) is 30.5 Å². The Hall–Kier alpha value is -5.19. The zero-order chi connectivity index (χ0) is 34.4. The van der Waals surface area contributed by atoms with E-state index >= 15 is 0 Å². The van der Waals surface area contributed by atoms with Gasteiger partial charge in [-0.2, -0.15) is 0 Å². The van der Waals surface area contributed by atoms with E-state index in [0.717, 1.165) is 72.0 Å². The molecule has 0 unspecified atom stereocenters. The number of ether oxygens (including phenoxy) is 1. The first-order valence-electron chi connectivity index (χ1n) is 17.0. The lowest BCUT2D eigenvalue weighted by molar-refractivity contribution is -0.000511. The van der Waals surface area contributed by atoms with Gasteiger partial charge in [0.25, 0.3) is 11.8 Å². The van der Waals surface area contributed by atoms with Crippen molar-refractivity contribution in [2.45, 2.75) is 33.1 Å². The predicted octanol–water partition coefficient (Wildman–Crippen LogP) is 7.12. The molecule has 0 atom stereocenters. The van der Waals surface area contributed by atoms with Gasteiger partial charge in [-0.25, -0.2) is 4.98 Å². The van der Waals surface area contributed by atoms with Gasteiger partial charge in [0, 0.05) is 72.3 Å². The minimum Gasteiger partial charge on any atom is -0.381 e. The van der Waals surface area contributed by atoms with Gasteiger partial charge in [0.05, 0.1) is 16.1 Å². The molecule has 3 aromatic heterocycles. The molecule has 50 heavy (non-hydrogen) atoms. The second-order valence-corrected chi connectivity index (χ2v) is 14.6. The second kappa shape index (κ2) is 12.9. The third kappa shape index (κ3) is 5.88. The summed E-state index contributed by atoms with van der Waals surface area (Å²) < 4.78 is 5.57. The fraction of sp³-hybridized carbons (Fsp3) is 0.275. The average Bonchev–Trinajstić information content (AvgIpc) is 3.49. The van der Waals surface area contributed by atoms with Crippen LogP contribution in [0.5, 0.6) is 0 Å². The molecule has 3 aliphatic heterocycles. The maximum atomic E-state index is 14.0. The van der Waals surface area contributed by atoms with Gasteiger partial charge in [-0.3, -0.25) is 19.4 Å². The van der Waals surface area contributed by atoms with E-state index in [0.29, 0.717) is 46.2 Å². The molecule has 0 radical (unpaired) electrons. The summed E-state index contributed by atoms with van der Waals surface area (Å²) in [6.45, 7) is 7.62. The van der Waals surface area contributed by atoms with Crippen LogP contribution in [-0.4, -0.2) is 60.4 Å². The zero-order valence-electron chi connectivity index (χ0n) is 28.1. The van der Waals surface area contributed by atoms with Crippen molar-refractivity contribution in [3.8, 4) is 10.4 Å². The standard InChI is InChI=1S/C40H37N5O4S/c1-25-20-31(37(42-22-25)44-23-40(24-44)14-18-49-19-15-40)38(47)43-29-11-9-27(10-12-29)39(48)45-17-13-28-21-33(35(46)34-26(2)6-5-16-41-34)50-36(28)30-7-3-4-8-32(30)45/h3-12,16,20-22H,13-15,17-19,23-24H2,1-2H3,(H,43,47). The third-order valence-corrected chi connectivity index (χ3v) is 11.3. The number of carbonyl (C=O) groups excluding carboxylic acids is 3. The number of amides is 2. The quantitative estimate of drug-likeness (QED) is 0.190. The molecule has 2 saturated heterocycles. The Labute approximate surface area is 294 Å². The summed E-state index contributed by atoms with van der Waals surface area (Å²) in [5.74, 6) is 0.258. The number of nitrogens with zero attached hydrogens (tertiary/aromatic N) is 4. The third-order valence-electron chi connectivity index (χ3n) is 10.1. The van der Waals surface area contributed by atoms with Crippen LogP contribution in [0.1, 0.15) is 65.6 Å². The topological polar surface area (TPSA) is 105 Å². The first kappa shape index (κ1) is 32.0. The number of benzene rings is 2. The molecule has 2 fully saturated rings. The molecule has 252 valence electrons. The molecule has 5 aromatic rings. The van der Waals surface area contributed by atoms with Crippen molar-refractivity contribution in [2.75, 3.05) is 48.0 Å². The van der Waals surface area contributed by atoms with E-state index in [1.807, 2.05) is 73.5 Å². The lowest BCUT2D eigenvalue weighted by atomic mass is 9.73. The summed E-state index contributed by atoms with van der Waals surface area (Å²) in [5.41, 5.74) is 6.90. The summed E-state index contributed by atoms with van der Waals surface area (Å²) in [5, 5.41) is 3.03. The monoisotopic (exact) mass is 683 g/mol. The second-order valence-electron chi connectivity index (χ2n) is 13.6. The van der Waals surface area contributed by atoms with Crippen LogP contribution in [0, 0.1) is 19.3 Å². The molecule has 6 heterocycles. The van der Waals surface area contributed by atoms with Crippen LogP contribution in [0.15, 0.2) is 85.2 Å². The molecule has 3 aliphatic rings. The molecule has 9 nitrogen and oxygen atoms in total. The first-order chi connectivity index (χ1) is 24.3. The van der Waals surface area contributed by atoms with Crippen LogP contribution >= 0.6 is 11.3 Å². The number of hydrogen-bond donors (Lipinski definition) is 1. The number of anilines is 3. The van der Waals surface area contributed by atoms with Crippen LogP contribution in [0.4, 0.5) is 17.2 Å². The van der Waals surface area contributed by atoms with Crippen molar-refractivity contribution >= 4 is 46.1 Å². The van der Waals surface area contributed by atoms with Crippen molar-refractivity contribution in [3.05, 3.63) is 124 Å². The number of pyridine rings is 2. The Morgan fingerprint density at radius 3 is 2.48 bits per heavy atom. The summed E-state index contributed by atoms with van der Waals surface area (Å²) in [6.07, 6.45) is 6.13. The predicted molar refractivity (Wildman–Crippen MR) is 196 cm³/mol. The minimum absolute atomic E-state index is 0.0856. The number of fused-ring (bicyclic) bond motifs is 3. The van der Waals surface area contributed by atoms with Gasteiger partial charge in [0.15, 0.2) is 0 Å². The molecule has 0 bridgehead atoms. The Kier molecular flexibility index (Phi) is 8.28. The SMILES string of the molecule is Cc1cnc(N2CC3(CCOCC3)C2)c(C(=O)Nc2ccc(C(=O)N3CCc4cc(C(=O)c5ncccc5C)sc4-c4ccccc43)cc2)c1. The number of rotatable bonds is 6. The number of hydrogen-bond acceptors (Lipinski definition) is 8. The Morgan fingerprint density at radius 2 is 1.70 bits per heavy atom. The fourth-order valence-electron chi connectivity index (χ4n) is 7.32. The Bertz CT molecular complexity index is 2130. The lowest BCUT2D eigenvalue weighted by Crippen LogP contribution is -2.59. The molecular weight excluding hydrogens is 647 g/mol. The van der Waals surface area contributed by atoms with Gasteiger partial charge in [0.2, 0.25) is 5.78 Å². The number of ketones is 1. The van der Waals surface area contributed by atoms with Gasteiger partial charge in [-0.15, -0.1) is 11.3 Å². The smallest absolute Gasteiger partial charge is 0.259 e. The number of carbonyl (C=O) groups is 3.